The van der Waals surface area contributed by atoms with Crippen LogP contribution in [0.1, 0.15) is 24.8 Å². The number of aryl methyl sites for hydroxylation is 1. The first-order valence-electron chi connectivity index (χ1n) is 5.70. The monoisotopic (exact) mass is 231 g/mol. The molecule has 1 amide bonds. The molecule has 90 valence electrons. The fraction of sp³-hybridized carbons (Fsp3) is 0.385. The van der Waals surface area contributed by atoms with Crippen LogP contribution < -0.4 is 11.1 Å². The minimum absolute atomic E-state index is 0.0189. The molecule has 0 saturated carbocycles. The second-order valence-electron chi connectivity index (χ2n) is 3.86. The van der Waals surface area contributed by atoms with E-state index in [9.17, 15) is 4.79 Å². The maximum atomic E-state index is 11.4. The molecule has 0 heterocycles. The lowest BCUT2D eigenvalue weighted by Crippen LogP contribution is -2.24. The average Bonchev–Trinajstić information content (AvgIpc) is 2.32. The van der Waals surface area contributed by atoms with Gasteiger partial charge >= 0.3 is 0 Å². The third-order valence-corrected chi connectivity index (χ3v) is 2.38. The van der Waals surface area contributed by atoms with Gasteiger partial charge in [0.2, 0.25) is 5.91 Å². The van der Waals surface area contributed by atoms with Crippen molar-refractivity contribution < 1.29 is 4.79 Å². The molecular formula is C13H17N3O. The molecule has 17 heavy (non-hydrogen) atoms. The van der Waals surface area contributed by atoms with E-state index in [0.29, 0.717) is 32.2 Å². The molecule has 4 nitrogen and oxygen atoms in total. The molecule has 0 saturated heterocycles. The normalized spacial score (nSPS) is 9.59. The van der Waals surface area contributed by atoms with Crippen LogP contribution in [-0.4, -0.2) is 12.5 Å². The predicted molar refractivity (Wildman–Crippen MR) is 67.0 cm³/mol. The van der Waals surface area contributed by atoms with Crippen LogP contribution in [0.4, 0.5) is 5.69 Å². The summed E-state index contributed by atoms with van der Waals surface area (Å²) in [4.78, 5) is 11.4. The Morgan fingerprint density at radius 3 is 3.00 bits per heavy atom. The van der Waals surface area contributed by atoms with Crippen LogP contribution >= 0.6 is 0 Å². The van der Waals surface area contributed by atoms with E-state index in [1.807, 2.05) is 30.3 Å². The number of hydrogen-bond acceptors (Lipinski definition) is 3. The summed E-state index contributed by atoms with van der Waals surface area (Å²) < 4.78 is 0. The van der Waals surface area contributed by atoms with E-state index in [1.54, 1.807) is 0 Å². The smallest absolute Gasteiger partial charge is 0.220 e. The van der Waals surface area contributed by atoms with E-state index >= 15 is 0 Å². The minimum Gasteiger partial charge on any atom is -0.399 e. The molecular weight excluding hydrogens is 214 g/mol. The van der Waals surface area contributed by atoms with Crippen LogP contribution in [0.15, 0.2) is 24.3 Å². The van der Waals surface area contributed by atoms with Crippen molar-refractivity contribution in [1.29, 1.82) is 5.26 Å². The molecule has 1 aromatic carbocycles. The molecule has 0 unspecified atom stereocenters. The Hall–Kier alpha value is -2.02. The van der Waals surface area contributed by atoms with Crippen molar-refractivity contribution in [3.8, 4) is 6.07 Å². The van der Waals surface area contributed by atoms with E-state index < -0.39 is 0 Å². The Labute approximate surface area is 101 Å². The first-order chi connectivity index (χ1) is 8.22. The number of carbonyl (C=O) groups is 1. The lowest BCUT2D eigenvalue weighted by molar-refractivity contribution is -0.121. The number of rotatable bonds is 6. The topological polar surface area (TPSA) is 78.9 Å². The SMILES string of the molecule is N#CCCCNC(=O)CCc1cccc(N)c1. The maximum absolute atomic E-state index is 11.4. The number of anilines is 1. The quantitative estimate of drug-likeness (QED) is 0.576. The van der Waals surface area contributed by atoms with E-state index in [1.165, 1.54) is 0 Å². The van der Waals surface area contributed by atoms with Crippen molar-refractivity contribution >= 4 is 11.6 Å². The van der Waals surface area contributed by atoms with Crippen molar-refractivity contribution in [1.82, 2.24) is 5.32 Å². The van der Waals surface area contributed by atoms with Crippen molar-refractivity contribution in [3.63, 3.8) is 0 Å². The molecule has 0 radical (unpaired) electrons. The molecule has 0 aliphatic rings. The van der Waals surface area contributed by atoms with Gasteiger partial charge in [-0.15, -0.1) is 0 Å². The van der Waals surface area contributed by atoms with Crippen molar-refractivity contribution in [2.45, 2.75) is 25.7 Å². The number of hydrogen-bond donors (Lipinski definition) is 2. The highest BCUT2D eigenvalue weighted by molar-refractivity contribution is 5.76. The summed E-state index contributed by atoms with van der Waals surface area (Å²) in [6, 6.07) is 9.59. The molecule has 0 spiro atoms. The minimum atomic E-state index is 0.0189. The van der Waals surface area contributed by atoms with Gasteiger partial charge in [-0.05, 0) is 30.5 Å². The molecule has 0 aliphatic heterocycles. The van der Waals surface area contributed by atoms with E-state index in [0.717, 1.165) is 11.3 Å². The number of nitriles is 1. The summed E-state index contributed by atoms with van der Waals surface area (Å²) in [7, 11) is 0. The van der Waals surface area contributed by atoms with Crippen LogP contribution in [0.3, 0.4) is 0 Å². The Morgan fingerprint density at radius 2 is 2.29 bits per heavy atom. The van der Waals surface area contributed by atoms with Gasteiger partial charge in [0.1, 0.15) is 0 Å². The number of nitrogens with two attached hydrogens (primary N) is 1. The largest absolute Gasteiger partial charge is 0.399 e. The van der Waals surface area contributed by atoms with Crippen LogP contribution in [0, 0.1) is 11.3 Å². The van der Waals surface area contributed by atoms with Crippen LogP contribution in [0.25, 0.3) is 0 Å². The third kappa shape index (κ3) is 5.57. The van der Waals surface area contributed by atoms with E-state index in [2.05, 4.69) is 5.32 Å². The standard InChI is InChI=1S/C13H17N3O/c14-8-1-2-9-16-13(17)7-6-11-4-3-5-12(15)10-11/h3-5,10H,1-2,6-7,9,15H2,(H,16,17). The summed E-state index contributed by atoms with van der Waals surface area (Å²) in [5.74, 6) is 0.0189. The number of nitrogens with one attached hydrogen (secondary N) is 1. The molecule has 0 atom stereocenters. The van der Waals surface area contributed by atoms with Gasteiger partial charge in [-0.25, -0.2) is 0 Å². The lowest BCUT2D eigenvalue weighted by Gasteiger charge is -2.04. The molecule has 0 aliphatic carbocycles. The molecule has 3 N–H and O–H groups in total. The first-order valence-corrected chi connectivity index (χ1v) is 5.70. The Morgan fingerprint density at radius 1 is 1.47 bits per heavy atom. The highest BCUT2D eigenvalue weighted by Gasteiger charge is 2.01. The zero-order chi connectivity index (χ0) is 12.5. The van der Waals surface area contributed by atoms with Gasteiger partial charge in [-0.3, -0.25) is 4.79 Å². The summed E-state index contributed by atoms with van der Waals surface area (Å²) in [5, 5.41) is 11.1. The second-order valence-corrected chi connectivity index (χ2v) is 3.86. The Kier molecular flexibility index (Phi) is 5.59. The van der Waals surface area contributed by atoms with Gasteiger partial charge in [-0.1, -0.05) is 12.1 Å². The molecule has 4 heteroatoms. The van der Waals surface area contributed by atoms with Crippen molar-refractivity contribution in [2.24, 2.45) is 0 Å². The summed E-state index contributed by atoms with van der Waals surface area (Å²) in [6.45, 7) is 0.573. The first kappa shape index (κ1) is 13.0. The zero-order valence-corrected chi connectivity index (χ0v) is 9.78. The van der Waals surface area contributed by atoms with Gasteiger partial charge in [-0.2, -0.15) is 5.26 Å². The van der Waals surface area contributed by atoms with Gasteiger partial charge in [0, 0.05) is 25.1 Å². The highest BCUT2D eigenvalue weighted by Crippen LogP contribution is 2.08. The molecule has 1 aromatic rings. The van der Waals surface area contributed by atoms with Crippen LogP contribution in [-0.2, 0) is 11.2 Å². The number of nitrogens with zero attached hydrogens (tertiary/aromatic N) is 1. The number of nitrogen functional groups attached to an aromatic ring is 1. The highest BCUT2D eigenvalue weighted by atomic mass is 16.1. The Bertz CT molecular complexity index is 409. The lowest BCUT2D eigenvalue weighted by atomic mass is 10.1. The molecule has 1 rings (SSSR count). The fourth-order valence-electron chi connectivity index (χ4n) is 1.49. The van der Waals surface area contributed by atoms with Crippen molar-refractivity contribution in [2.75, 3.05) is 12.3 Å². The summed E-state index contributed by atoms with van der Waals surface area (Å²) in [5.41, 5.74) is 7.43. The molecule has 0 bridgehead atoms. The number of benzene rings is 1. The predicted octanol–water partition coefficient (Wildman–Crippen LogP) is 1.62. The summed E-state index contributed by atoms with van der Waals surface area (Å²) in [6.07, 6.45) is 2.33. The molecule has 0 fully saturated rings. The van der Waals surface area contributed by atoms with E-state index in [4.69, 9.17) is 11.0 Å². The van der Waals surface area contributed by atoms with Gasteiger partial charge in [0.25, 0.3) is 0 Å². The zero-order valence-electron chi connectivity index (χ0n) is 9.78. The van der Waals surface area contributed by atoms with Gasteiger partial charge in [0.15, 0.2) is 0 Å². The number of amides is 1. The third-order valence-electron chi connectivity index (χ3n) is 2.38. The molecule has 0 aromatic heterocycles. The second kappa shape index (κ2) is 7.29. The van der Waals surface area contributed by atoms with Gasteiger partial charge < -0.3 is 11.1 Å². The fourth-order valence-corrected chi connectivity index (χ4v) is 1.49. The van der Waals surface area contributed by atoms with E-state index in [-0.39, 0.29) is 5.91 Å². The maximum Gasteiger partial charge on any atom is 0.220 e. The van der Waals surface area contributed by atoms with Gasteiger partial charge in [0.05, 0.1) is 6.07 Å². The number of unbranched alkanes of at least 4 members (excludes halogenated alkanes) is 1. The number of carbonyl (C=O) groups excluding carboxylic acids is 1. The van der Waals surface area contributed by atoms with Crippen LogP contribution in [0.5, 0.6) is 0 Å². The summed E-state index contributed by atoms with van der Waals surface area (Å²) >= 11 is 0. The average molecular weight is 231 g/mol. The van der Waals surface area contributed by atoms with Crippen LogP contribution in [0.2, 0.25) is 0 Å². The Balaban J connectivity index is 2.22. The van der Waals surface area contributed by atoms with Crippen molar-refractivity contribution in [3.05, 3.63) is 29.8 Å².